The number of aryl methyl sites for hydroxylation is 3. The maximum absolute atomic E-state index is 5.76. The molecule has 0 bridgehead atoms. The Balaban J connectivity index is 2.69. The fraction of sp³-hybridized carbons (Fsp3) is 0.357. The van der Waals surface area contributed by atoms with E-state index >= 15 is 0 Å². The normalized spacial score (nSPS) is 10.7. The van der Waals surface area contributed by atoms with E-state index in [1.54, 1.807) is 7.11 Å². The van der Waals surface area contributed by atoms with Crippen molar-refractivity contribution >= 4 is 0 Å². The summed E-state index contributed by atoms with van der Waals surface area (Å²) in [7, 11) is 1.68. The van der Waals surface area contributed by atoms with E-state index in [4.69, 9.17) is 10.5 Å². The van der Waals surface area contributed by atoms with Crippen LogP contribution in [0.3, 0.4) is 0 Å². The van der Waals surface area contributed by atoms with Crippen LogP contribution in [0.2, 0.25) is 0 Å². The average molecular weight is 245 g/mol. The van der Waals surface area contributed by atoms with Gasteiger partial charge in [0.25, 0.3) is 0 Å². The number of imidazole rings is 1. The predicted octanol–water partition coefficient (Wildman–Crippen LogP) is 2.47. The summed E-state index contributed by atoms with van der Waals surface area (Å²) in [5, 5.41) is 0. The number of hydrogen-bond acceptors (Lipinski definition) is 3. The van der Waals surface area contributed by atoms with E-state index in [1.807, 2.05) is 13.8 Å². The number of rotatable bonds is 3. The van der Waals surface area contributed by atoms with Gasteiger partial charge in [-0.3, -0.25) is 0 Å². The van der Waals surface area contributed by atoms with Gasteiger partial charge in [-0.1, -0.05) is 6.07 Å². The van der Waals surface area contributed by atoms with Crippen LogP contribution < -0.4 is 10.5 Å². The number of aromatic nitrogens is 2. The summed E-state index contributed by atoms with van der Waals surface area (Å²) in [6.07, 6.45) is 0. The van der Waals surface area contributed by atoms with Crippen molar-refractivity contribution in [3.05, 3.63) is 34.8 Å². The maximum atomic E-state index is 5.76. The molecule has 4 nitrogen and oxygen atoms in total. The van der Waals surface area contributed by atoms with Gasteiger partial charge in [0.1, 0.15) is 11.6 Å². The van der Waals surface area contributed by atoms with Gasteiger partial charge in [-0.15, -0.1) is 0 Å². The Morgan fingerprint density at radius 1 is 1.28 bits per heavy atom. The van der Waals surface area contributed by atoms with E-state index in [0.717, 1.165) is 34.1 Å². The summed E-state index contributed by atoms with van der Waals surface area (Å²) in [5.74, 6) is 1.73. The van der Waals surface area contributed by atoms with E-state index in [1.165, 1.54) is 5.56 Å². The molecule has 0 spiro atoms. The van der Waals surface area contributed by atoms with Gasteiger partial charge in [0.15, 0.2) is 0 Å². The van der Waals surface area contributed by atoms with Gasteiger partial charge in [0.2, 0.25) is 0 Å². The number of nitrogens with two attached hydrogens (primary N) is 1. The fourth-order valence-electron chi connectivity index (χ4n) is 2.31. The Morgan fingerprint density at radius 2 is 2.00 bits per heavy atom. The molecule has 1 aromatic carbocycles. The van der Waals surface area contributed by atoms with Crippen LogP contribution in [0.1, 0.15) is 22.6 Å². The Bertz CT molecular complexity index is 573. The molecule has 0 aliphatic rings. The van der Waals surface area contributed by atoms with Gasteiger partial charge in [0, 0.05) is 12.1 Å². The number of hydrogen-bond donors (Lipinski definition) is 2. The molecular weight excluding hydrogens is 226 g/mol. The second-order valence-electron chi connectivity index (χ2n) is 4.52. The van der Waals surface area contributed by atoms with Crippen LogP contribution in [-0.2, 0) is 6.54 Å². The summed E-state index contributed by atoms with van der Waals surface area (Å²) in [6.45, 7) is 6.47. The lowest BCUT2D eigenvalue weighted by Gasteiger charge is -2.12. The molecule has 3 N–H and O–H groups in total. The number of ether oxygens (including phenoxy) is 1. The first kappa shape index (κ1) is 12.6. The van der Waals surface area contributed by atoms with Crippen LogP contribution in [0, 0.1) is 20.8 Å². The fourth-order valence-corrected chi connectivity index (χ4v) is 2.31. The lowest BCUT2D eigenvalue weighted by molar-refractivity contribution is 0.413. The van der Waals surface area contributed by atoms with Gasteiger partial charge in [0.05, 0.1) is 18.5 Å². The molecule has 1 aromatic heterocycles. The highest BCUT2D eigenvalue weighted by Crippen LogP contribution is 2.34. The summed E-state index contributed by atoms with van der Waals surface area (Å²) in [5.41, 5.74) is 10.9. The van der Waals surface area contributed by atoms with Crippen LogP contribution in [0.15, 0.2) is 12.1 Å². The van der Waals surface area contributed by atoms with E-state index in [9.17, 15) is 0 Å². The molecule has 96 valence electrons. The third-order valence-corrected chi connectivity index (χ3v) is 2.98. The van der Waals surface area contributed by atoms with Crippen molar-refractivity contribution in [3.63, 3.8) is 0 Å². The number of benzene rings is 1. The standard InChI is InChI=1S/C14H19N3O/c1-8-5-9(2)14(18-4)11(6-8)13-12(7-15)16-10(3)17-13/h5-6H,7,15H2,1-4H3,(H,16,17). The zero-order chi connectivity index (χ0) is 13.3. The molecule has 0 atom stereocenters. The van der Waals surface area contributed by atoms with Crippen molar-refractivity contribution < 1.29 is 4.74 Å². The highest BCUT2D eigenvalue weighted by Gasteiger charge is 2.16. The van der Waals surface area contributed by atoms with Gasteiger partial charge in [-0.2, -0.15) is 0 Å². The van der Waals surface area contributed by atoms with Crippen molar-refractivity contribution in [2.75, 3.05) is 7.11 Å². The van der Waals surface area contributed by atoms with Crippen LogP contribution in [-0.4, -0.2) is 17.1 Å². The van der Waals surface area contributed by atoms with Gasteiger partial charge in [-0.05, 0) is 38.0 Å². The van der Waals surface area contributed by atoms with E-state index < -0.39 is 0 Å². The third-order valence-electron chi connectivity index (χ3n) is 2.98. The third kappa shape index (κ3) is 2.11. The number of nitrogens with one attached hydrogen (secondary N) is 1. The van der Waals surface area contributed by atoms with Crippen LogP contribution in [0.4, 0.5) is 0 Å². The number of H-pyrrole nitrogens is 1. The highest BCUT2D eigenvalue weighted by atomic mass is 16.5. The van der Waals surface area contributed by atoms with Crippen molar-refractivity contribution in [1.82, 2.24) is 9.97 Å². The maximum Gasteiger partial charge on any atom is 0.131 e. The lowest BCUT2D eigenvalue weighted by atomic mass is 10.0. The topological polar surface area (TPSA) is 63.9 Å². The first-order chi connectivity index (χ1) is 8.56. The molecule has 2 rings (SSSR count). The Kier molecular flexibility index (Phi) is 3.39. The quantitative estimate of drug-likeness (QED) is 0.873. The van der Waals surface area contributed by atoms with E-state index in [-0.39, 0.29) is 0 Å². The van der Waals surface area contributed by atoms with Crippen molar-refractivity contribution in [2.45, 2.75) is 27.3 Å². The molecule has 0 aliphatic carbocycles. The molecule has 1 heterocycles. The molecule has 2 aromatic rings. The van der Waals surface area contributed by atoms with Crippen molar-refractivity contribution in [1.29, 1.82) is 0 Å². The molecule has 0 saturated carbocycles. The molecule has 18 heavy (non-hydrogen) atoms. The van der Waals surface area contributed by atoms with Crippen molar-refractivity contribution in [2.24, 2.45) is 5.73 Å². The SMILES string of the molecule is COc1c(C)cc(C)cc1-c1nc(C)[nH]c1CN. The second kappa shape index (κ2) is 4.82. The molecular formula is C14H19N3O. The molecule has 0 fully saturated rings. The lowest BCUT2D eigenvalue weighted by Crippen LogP contribution is -2.00. The molecule has 0 amide bonds. The molecule has 0 saturated heterocycles. The number of nitrogens with zero attached hydrogens (tertiary/aromatic N) is 1. The number of aromatic amines is 1. The monoisotopic (exact) mass is 245 g/mol. The Labute approximate surface area is 107 Å². The minimum Gasteiger partial charge on any atom is -0.496 e. The minimum atomic E-state index is 0.437. The largest absolute Gasteiger partial charge is 0.496 e. The molecule has 0 unspecified atom stereocenters. The molecule has 0 aliphatic heterocycles. The highest BCUT2D eigenvalue weighted by molar-refractivity contribution is 5.72. The van der Waals surface area contributed by atoms with Gasteiger partial charge >= 0.3 is 0 Å². The molecule has 0 radical (unpaired) electrons. The second-order valence-corrected chi connectivity index (χ2v) is 4.52. The summed E-state index contributed by atoms with van der Waals surface area (Å²) < 4.78 is 5.50. The summed E-state index contributed by atoms with van der Waals surface area (Å²) >= 11 is 0. The zero-order valence-corrected chi connectivity index (χ0v) is 11.3. The van der Waals surface area contributed by atoms with Crippen LogP contribution in [0.5, 0.6) is 5.75 Å². The summed E-state index contributed by atoms with van der Waals surface area (Å²) in [6, 6.07) is 4.19. The van der Waals surface area contributed by atoms with Crippen LogP contribution >= 0.6 is 0 Å². The smallest absolute Gasteiger partial charge is 0.131 e. The van der Waals surface area contributed by atoms with Crippen LogP contribution in [0.25, 0.3) is 11.3 Å². The minimum absolute atomic E-state index is 0.437. The van der Waals surface area contributed by atoms with Crippen molar-refractivity contribution in [3.8, 4) is 17.0 Å². The number of methoxy groups -OCH3 is 1. The van der Waals surface area contributed by atoms with E-state index in [0.29, 0.717) is 6.54 Å². The zero-order valence-electron chi connectivity index (χ0n) is 11.3. The Hall–Kier alpha value is -1.81. The first-order valence-electron chi connectivity index (χ1n) is 5.98. The molecule has 4 heteroatoms. The summed E-state index contributed by atoms with van der Waals surface area (Å²) in [4.78, 5) is 7.72. The van der Waals surface area contributed by atoms with Gasteiger partial charge < -0.3 is 15.5 Å². The Morgan fingerprint density at radius 3 is 2.61 bits per heavy atom. The average Bonchev–Trinajstić information content (AvgIpc) is 2.69. The van der Waals surface area contributed by atoms with E-state index in [2.05, 4.69) is 29.0 Å². The van der Waals surface area contributed by atoms with Gasteiger partial charge in [-0.25, -0.2) is 4.98 Å². The first-order valence-corrected chi connectivity index (χ1v) is 5.98. The predicted molar refractivity (Wildman–Crippen MR) is 72.7 cm³/mol.